The molecular weight excluding hydrogens is 296 g/mol. The minimum atomic E-state index is -0.518. The van der Waals surface area contributed by atoms with Gasteiger partial charge in [0.2, 0.25) is 5.91 Å². The number of carbonyl (C=O) groups excluding carboxylic acids is 2. The first kappa shape index (κ1) is 17.0. The Balaban J connectivity index is 1.89. The zero-order valence-electron chi connectivity index (χ0n) is 13.2. The SMILES string of the molecule is CC[C@H]1CN(C(=O)/C=C\c2ccc(OCC(N)=O)cc2)CCO1. The second-order valence-electron chi connectivity index (χ2n) is 5.34. The number of morpholine rings is 1. The van der Waals surface area contributed by atoms with Crippen molar-refractivity contribution in [3.63, 3.8) is 0 Å². The molecule has 1 aliphatic rings. The lowest BCUT2D eigenvalue weighted by Crippen LogP contribution is -2.44. The van der Waals surface area contributed by atoms with E-state index in [0.717, 1.165) is 12.0 Å². The molecule has 1 aromatic rings. The van der Waals surface area contributed by atoms with Crippen molar-refractivity contribution in [2.45, 2.75) is 19.4 Å². The predicted octanol–water partition coefficient (Wildman–Crippen LogP) is 1.20. The molecule has 1 fully saturated rings. The molecule has 2 rings (SSSR count). The van der Waals surface area contributed by atoms with E-state index in [2.05, 4.69) is 6.92 Å². The molecule has 23 heavy (non-hydrogen) atoms. The highest BCUT2D eigenvalue weighted by Crippen LogP contribution is 2.14. The van der Waals surface area contributed by atoms with Gasteiger partial charge < -0.3 is 20.1 Å². The maximum atomic E-state index is 12.2. The summed E-state index contributed by atoms with van der Waals surface area (Å²) in [5.74, 6) is 0.0301. The van der Waals surface area contributed by atoms with Crippen LogP contribution in [0.1, 0.15) is 18.9 Å². The van der Waals surface area contributed by atoms with Gasteiger partial charge >= 0.3 is 0 Å². The molecule has 2 N–H and O–H groups in total. The minimum absolute atomic E-state index is 0.0131. The number of rotatable bonds is 6. The number of benzene rings is 1. The Kier molecular flexibility index (Phi) is 6.17. The second kappa shape index (κ2) is 8.33. The fourth-order valence-corrected chi connectivity index (χ4v) is 2.27. The third kappa shape index (κ3) is 5.41. The van der Waals surface area contributed by atoms with Gasteiger partial charge in [-0.2, -0.15) is 0 Å². The van der Waals surface area contributed by atoms with Crippen LogP contribution in [0.2, 0.25) is 0 Å². The summed E-state index contributed by atoms with van der Waals surface area (Å²) in [6, 6.07) is 7.09. The Morgan fingerprint density at radius 2 is 2.13 bits per heavy atom. The zero-order chi connectivity index (χ0) is 16.7. The van der Waals surface area contributed by atoms with Gasteiger partial charge in [0.1, 0.15) is 5.75 Å². The van der Waals surface area contributed by atoms with Crippen molar-refractivity contribution in [1.82, 2.24) is 4.90 Å². The van der Waals surface area contributed by atoms with Gasteiger partial charge in [-0.15, -0.1) is 0 Å². The molecule has 0 saturated carbocycles. The fourth-order valence-electron chi connectivity index (χ4n) is 2.27. The second-order valence-corrected chi connectivity index (χ2v) is 5.34. The summed E-state index contributed by atoms with van der Waals surface area (Å²) in [4.78, 5) is 24.6. The molecule has 124 valence electrons. The summed E-state index contributed by atoms with van der Waals surface area (Å²) in [7, 11) is 0. The first-order valence-corrected chi connectivity index (χ1v) is 7.68. The Morgan fingerprint density at radius 3 is 2.78 bits per heavy atom. The van der Waals surface area contributed by atoms with E-state index in [1.165, 1.54) is 0 Å². The van der Waals surface area contributed by atoms with Crippen LogP contribution >= 0.6 is 0 Å². The number of nitrogens with zero attached hydrogens (tertiary/aromatic N) is 1. The summed E-state index contributed by atoms with van der Waals surface area (Å²) in [6.07, 6.45) is 4.36. The van der Waals surface area contributed by atoms with Crippen LogP contribution in [0.15, 0.2) is 30.3 Å². The lowest BCUT2D eigenvalue weighted by molar-refractivity contribution is -0.133. The normalized spacial score (nSPS) is 18.1. The average Bonchev–Trinajstić information content (AvgIpc) is 2.58. The molecule has 2 amide bonds. The Bertz CT molecular complexity index is 568. The highest BCUT2D eigenvalue weighted by molar-refractivity contribution is 5.91. The number of carbonyl (C=O) groups is 2. The third-order valence-electron chi connectivity index (χ3n) is 3.59. The number of amides is 2. The van der Waals surface area contributed by atoms with Crippen molar-refractivity contribution in [3.05, 3.63) is 35.9 Å². The van der Waals surface area contributed by atoms with Crippen molar-refractivity contribution < 1.29 is 19.1 Å². The van der Waals surface area contributed by atoms with Crippen LogP contribution in [0.3, 0.4) is 0 Å². The minimum Gasteiger partial charge on any atom is -0.484 e. The van der Waals surface area contributed by atoms with Crippen molar-refractivity contribution in [3.8, 4) is 5.75 Å². The number of nitrogens with two attached hydrogens (primary N) is 1. The van der Waals surface area contributed by atoms with E-state index in [0.29, 0.717) is 25.4 Å². The summed E-state index contributed by atoms with van der Waals surface area (Å²) >= 11 is 0. The molecule has 0 bridgehead atoms. The van der Waals surface area contributed by atoms with Crippen molar-refractivity contribution >= 4 is 17.9 Å². The monoisotopic (exact) mass is 318 g/mol. The van der Waals surface area contributed by atoms with Gasteiger partial charge in [-0.3, -0.25) is 9.59 Å². The van der Waals surface area contributed by atoms with E-state index < -0.39 is 5.91 Å². The van der Waals surface area contributed by atoms with E-state index in [4.69, 9.17) is 15.2 Å². The van der Waals surface area contributed by atoms with Crippen LogP contribution in [-0.2, 0) is 14.3 Å². The number of hydrogen-bond acceptors (Lipinski definition) is 4. The third-order valence-corrected chi connectivity index (χ3v) is 3.59. The van der Waals surface area contributed by atoms with E-state index in [1.54, 1.807) is 29.2 Å². The summed E-state index contributed by atoms with van der Waals surface area (Å²) < 4.78 is 10.7. The molecule has 0 unspecified atom stereocenters. The summed E-state index contributed by atoms with van der Waals surface area (Å²) in [6.45, 7) is 3.75. The van der Waals surface area contributed by atoms with Gasteiger partial charge in [-0.05, 0) is 30.2 Å². The van der Waals surface area contributed by atoms with Gasteiger partial charge in [0.25, 0.3) is 5.91 Å². The number of hydrogen-bond donors (Lipinski definition) is 1. The van der Waals surface area contributed by atoms with E-state index in [1.807, 2.05) is 12.1 Å². The van der Waals surface area contributed by atoms with Crippen LogP contribution in [0.5, 0.6) is 5.75 Å². The Morgan fingerprint density at radius 1 is 1.39 bits per heavy atom. The molecule has 0 aromatic heterocycles. The molecule has 1 heterocycles. The van der Waals surface area contributed by atoms with Crippen LogP contribution in [-0.4, -0.2) is 49.1 Å². The first-order chi connectivity index (χ1) is 11.1. The first-order valence-electron chi connectivity index (χ1n) is 7.68. The molecule has 0 aliphatic carbocycles. The molecule has 1 saturated heterocycles. The van der Waals surface area contributed by atoms with Gasteiger partial charge in [-0.1, -0.05) is 19.1 Å². The van der Waals surface area contributed by atoms with Crippen LogP contribution in [0, 0.1) is 0 Å². The predicted molar refractivity (Wildman–Crippen MR) is 86.8 cm³/mol. The van der Waals surface area contributed by atoms with Crippen molar-refractivity contribution in [1.29, 1.82) is 0 Å². The van der Waals surface area contributed by atoms with Gasteiger partial charge in [0.15, 0.2) is 6.61 Å². The Hall–Kier alpha value is -2.34. The zero-order valence-corrected chi connectivity index (χ0v) is 13.2. The van der Waals surface area contributed by atoms with Crippen LogP contribution in [0.4, 0.5) is 0 Å². The van der Waals surface area contributed by atoms with E-state index >= 15 is 0 Å². The standard InChI is InChI=1S/C17H22N2O4/c1-2-14-11-19(9-10-22-14)17(21)8-5-13-3-6-15(7-4-13)23-12-16(18)20/h3-8,14H,2,9-12H2,1H3,(H2,18,20)/b8-5-/t14-/m0/s1. The quantitative estimate of drug-likeness (QED) is 0.799. The molecule has 1 atom stereocenters. The lowest BCUT2D eigenvalue weighted by atomic mass is 10.2. The van der Waals surface area contributed by atoms with E-state index in [9.17, 15) is 9.59 Å². The lowest BCUT2D eigenvalue weighted by Gasteiger charge is -2.31. The summed E-state index contributed by atoms with van der Waals surface area (Å²) in [5.41, 5.74) is 5.90. The van der Waals surface area contributed by atoms with E-state index in [-0.39, 0.29) is 18.6 Å². The average molecular weight is 318 g/mol. The van der Waals surface area contributed by atoms with Crippen LogP contribution in [0.25, 0.3) is 6.08 Å². The van der Waals surface area contributed by atoms with Crippen molar-refractivity contribution in [2.24, 2.45) is 5.73 Å². The van der Waals surface area contributed by atoms with Gasteiger partial charge in [-0.25, -0.2) is 0 Å². The van der Waals surface area contributed by atoms with Crippen LogP contribution < -0.4 is 10.5 Å². The molecular formula is C17H22N2O4. The maximum Gasteiger partial charge on any atom is 0.255 e. The fraction of sp³-hybridized carbons (Fsp3) is 0.412. The molecule has 0 spiro atoms. The number of primary amides is 1. The molecule has 6 nitrogen and oxygen atoms in total. The highest BCUT2D eigenvalue weighted by Gasteiger charge is 2.21. The smallest absolute Gasteiger partial charge is 0.255 e. The topological polar surface area (TPSA) is 81.9 Å². The molecule has 1 aromatic carbocycles. The molecule has 1 aliphatic heterocycles. The Labute approximate surface area is 135 Å². The largest absolute Gasteiger partial charge is 0.484 e. The van der Waals surface area contributed by atoms with Gasteiger partial charge in [0.05, 0.1) is 12.7 Å². The highest BCUT2D eigenvalue weighted by atomic mass is 16.5. The molecule has 6 heteroatoms. The maximum absolute atomic E-state index is 12.2. The molecule has 0 radical (unpaired) electrons. The van der Waals surface area contributed by atoms with Crippen molar-refractivity contribution in [2.75, 3.05) is 26.3 Å². The van der Waals surface area contributed by atoms with Gasteiger partial charge in [0, 0.05) is 19.2 Å². The summed E-state index contributed by atoms with van der Waals surface area (Å²) in [5, 5.41) is 0. The number of ether oxygens (including phenoxy) is 2.